The Morgan fingerprint density at radius 1 is 0.710 bits per heavy atom. The molecule has 138 heavy (non-hydrogen) atoms. The summed E-state index contributed by atoms with van der Waals surface area (Å²) < 4.78 is 16.8. The molecule has 1 aliphatic heterocycles. The minimum absolute atomic E-state index is 0. The monoisotopic (exact) mass is 1990 g/mol. The number of ether oxygens (including phenoxy) is 3. The number of nitrogens with one attached hydrogen (secondary N) is 10. The largest absolute Gasteiger partial charge is 0.508 e. The molecule has 6 rings (SSSR count). The molecule has 13 atom stereocenters. The van der Waals surface area contributed by atoms with Gasteiger partial charge in [0.15, 0.2) is 47.3 Å². The Morgan fingerprint density at radius 3 is 1.98 bits per heavy atom. The molecule has 2 aromatic carbocycles. The second-order valence-corrected chi connectivity index (χ2v) is 37.4. The highest BCUT2D eigenvalue weighted by Crippen LogP contribution is 2.35. The minimum atomic E-state index is -2.03. The molecule has 756 valence electrons. The van der Waals surface area contributed by atoms with E-state index in [-0.39, 0.29) is 140 Å². The fraction of sp³-hybridized carbons (Fsp3) is 0.551. The number of piperidine rings is 1. The molecular weight excluding hydrogens is 1870 g/mol. The summed E-state index contributed by atoms with van der Waals surface area (Å²) in [6, 6.07) is 4.31. The van der Waals surface area contributed by atoms with Gasteiger partial charge in [-0.3, -0.25) is 102 Å². The molecule has 0 aliphatic carbocycles. The summed E-state index contributed by atoms with van der Waals surface area (Å²) in [5.74, 6) is -26.6. The number of esters is 2. The fourth-order valence-electron chi connectivity index (χ4n) is 15.0. The molecule has 7 amide bonds. The van der Waals surface area contributed by atoms with Crippen molar-refractivity contribution in [3.63, 3.8) is 0 Å². The number of benzene rings is 2. The van der Waals surface area contributed by atoms with E-state index in [9.17, 15) is 117 Å². The highest BCUT2D eigenvalue weighted by molar-refractivity contribution is 8.76. The Labute approximate surface area is 806 Å². The van der Waals surface area contributed by atoms with Crippen LogP contribution in [0.2, 0.25) is 0 Å². The predicted octanol–water partition coefficient (Wildman–Crippen LogP) is 5.21. The van der Waals surface area contributed by atoms with Crippen LogP contribution >= 0.6 is 32.9 Å². The zero-order chi connectivity index (χ0) is 102. The maximum Gasteiger partial charge on any atom is 0.426 e. The van der Waals surface area contributed by atoms with E-state index in [2.05, 4.69) is 67.7 Å². The van der Waals surface area contributed by atoms with Crippen LogP contribution in [0.15, 0.2) is 64.9 Å². The van der Waals surface area contributed by atoms with E-state index < -0.39 is 236 Å². The number of rotatable bonds is 61. The number of guanidine groups is 1. The third kappa shape index (κ3) is 38.7. The Balaban J connectivity index is 0.0000341. The number of carboxylic acids is 5. The summed E-state index contributed by atoms with van der Waals surface area (Å²) in [4.78, 5) is 275. The average molecular weight is 1990 g/mol. The van der Waals surface area contributed by atoms with Gasteiger partial charge < -0.3 is 93.1 Å². The van der Waals surface area contributed by atoms with Gasteiger partial charge in [0, 0.05) is 112 Å². The van der Waals surface area contributed by atoms with Crippen molar-refractivity contribution in [3.8, 4) is 5.75 Å². The van der Waals surface area contributed by atoms with Gasteiger partial charge in [0.1, 0.15) is 34.9 Å². The summed E-state index contributed by atoms with van der Waals surface area (Å²) in [5, 5.41) is 84.3. The normalized spacial score (nSPS) is 15.1. The van der Waals surface area contributed by atoms with E-state index >= 15 is 4.79 Å². The smallest absolute Gasteiger partial charge is 0.426 e. The van der Waals surface area contributed by atoms with Crippen molar-refractivity contribution >= 4 is 168 Å². The number of H-pyrrole nitrogens is 1. The number of likely N-dealkylation sites (N-methyl/N-ethyl adjacent to an activating group) is 1. The Morgan fingerprint density at radius 2 is 1.36 bits per heavy atom. The van der Waals surface area contributed by atoms with Gasteiger partial charge in [0.2, 0.25) is 29.6 Å². The van der Waals surface area contributed by atoms with Crippen molar-refractivity contribution in [1.82, 2.24) is 72.2 Å². The van der Waals surface area contributed by atoms with Crippen LogP contribution in [0.1, 0.15) is 215 Å². The molecule has 1 fully saturated rings. The second kappa shape index (κ2) is 57.0. The van der Waals surface area contributed by atoms with Crippen LogP contribution in [0.25, 0.3) is 11.2 Å². The van der Waals surface area contributed by atoms with Crippen LogP contribution in [0.4, 0.5) is 16.4 Å². The summed E-state index contributed by atoms with van der Waals surface area (Å²) in [6.45, 7) is 11.9. The maximum absolute atomic E-state index is 15.1. The van der Waals surface area contributed by atoms with Crippen LogP contribution in [0.3, 0.4) is 0 Å². The number of aliphatic carboxylic acids is 5. The van der Waals surface area contributed by atoms with Crippen molar-refractivity contribution in [1.29, 1.82) is 5.41 Å². The number of thiazole rings is 1. The van der Waals surface area contributed by atoms with Crippen molar-refractivity contribution in [2.24, 2.45) is 47.2 Å². The first-order chi connectivity index (χ1) is 65.3. The van der Waals surface area contributed by atoms with E-state index in [1.807, 2.05) is 39.6 Å². The van der Waals surface area contributed by atoms with Crippen LogP contribution in [-0.2, 0) is 99.1 Å². The maximum atomic E-state index is 15.1. The molecule has 1 saturated heterocycles. The van der Waals surface area contributed by atoms with E-state index in [1.54, 1.807) is 19.1 Å². The van der Waals surface area contributed by atoms with Crippen LogP contribution in [0.5, 0.6) is 5.75 Å². The number of likely N-dealkylation sites (tertiary alicyclic amines) is 1. The molecular formula is C89H124N18O28S3. The lowest BCUT2D eigenvalue weighted by molar-refractivity contribution is -0.162. The first-order valence-electron chi connectivity index (χ1n) is 44.7. The number of amides is 7. The van der Waals surface area contributed by atoms with Crippen molar-refractivity contribution in [2.45, 2.75) is 226 Å². The number of nitrogens with two attached hydrogens (primary N) is 2. The number of anilines is 2. The molecule has 0 bridgehead atoms. The number of aromatic nitrogens is 5. The molecule has 0 radical (unpaired) electrons. The van der Waals surface area contributed by atoms with Gasteiger partial charge in [-0.25, -0.2) is 30.0 Å². The van der Waals surface area contributed by atoms with Gasteiger partial charge in [-0.05, 0) is 119 Å². The van der Waals surface area contributed by atoms with Crippen LogP contribution in [-0.4, -0.2) is 259 Å². The minimum Gasteiger partial charge on any atom is -0.508 e. The number of nitrogens with zero attached hydrogens (tertiary/aromatic N) is 6. The Hall–Kier alpha value is -13.3. The number of phenols is 1. The Bertz CT molecular complexity index is 5190. The predicted molar refractivity (Wildman–Crippen MR) is 503 cm³/mol. The third-order valence-electron chi connectivity index (χ3n) is 22.7. The number of fused-ring (bicyclic) bond motifs is 1. The van der Waals surface area contributed by atoms with E-state index in [0.29, 0.717) is 36.2 Å². The standard InChI is InChI=1S/C89H122N18O28S3.H2/c1-9-14-74(120)134-45-107(84(127)60(47(5)10-2)38-69(113)65-16-11-12-28-106(65)8)66(46(3)4)40-70(135-49(7)108)83-101-64(44-136-83)81(125)97-56(32-50-17-23-58(109)24-18-50)31-48(6)77(121)104-105-89(132)133-29-30-137-138-43-54(85(128)129)35-68(112)63(39-73(118)119)100-80(124)53(37-72(116)117)34-67(111)61(15-13-27-93-87(90)91)98-79(123)52(36-71(114)115)33-59(110)25-26-62(86(130)131)99-78(122)51-19-21-55(22-20-51)94-41-57-42-95-76-75(96-57)82(126)103-88(92)102-76;/h17-24,42,44,46-48,52-54,56,60-63,65-66,70,94,109H,9-16,25-41,43,45H2,1-8H3,(H,97,125)(H,98,123)(H,99,122)(H,100,124)(H,104,121)(H,105,132)(H,114,115)(H,116,117)(H,118,119)(H,128,129)(H,130,131)(H4,90,91,93)(H3,92,95,102,103,126);1H/t47?,48-,52-,53-,54+,56+,60-,61-,62-,63-,65+,66?,70+;/m0./s1/i;1+1. The number of carbonyl (C=O) groups excluding carboxylic acids is 13. The molecule has 4 heterocycles. The lowest BCUT2D eigenvalue weighted by atomic mass is 9.82. The summed E-state index contributed by atoms with van der Waals surface area (Å²) in [6.07, 6.45) is -5.28. The van der Waals surface area contributed by atoms with Gasteiger partial charge in [-0.15, -0.1) is 11.3 Å². The van der Waals surface area contributed by atoms with Crippen molar-refractivity contribution in [3.05, 3.63) is 98.0 Å². The highest BCUT2D eigenvalue weighted by atomic mass is 33.1. The van der Waals surface area contributed by atoms with Gasteiger partial charge in [0.25, 0.3) is 17.4 Å². The molecule has 1 aliphatic rings. The first kappa shape index (κ1) is 113. The van der Waals surface area contributed by atoms with Crippen LogP contribution < -0.4 is 59.8 Å². The molecule has 3 aromatic heterocycles. The van der Waals surface area contributed by atoms with E-state index in [4.69, 9.17) is 31.1 Å². The lowest BCUT2D eigenvalue weighted by Crippen LogP contribution is -2.50. The number of hydrogen-bond donors (Lipinski definition) is 18. The van der Waals surface area contributed by atoms with E-state index in [1.165, 1.54) is 66.7 Å². The zero-order valence-corrected chi connectivity index (χ0v) is 80.1. The number of nitrogen functional groups attached to an aromatic ring is 1. The zero-order valence-electron chi connectivity index (χ0n) is 77.7. The SMILES string of the molecule is CCCC(=O)OCN(C(=O)[C@@H](CC(=O)[C@H]1CCCCN1C)C(C)CC)C(C[C@@H](OC(C)=O)c1nc(C(=O)N[C@@H](Cc2ccc(O)cc2)C[C@H](C)C(=O)NNC(=O)OCCSSC[C@@H](CC(=O)[C@H](CC(=O)O)NC(=O)[C@H](CC(=O)O)CC(=O)[C@H](CCCNC(=N)N)NC(=O)[C@H](CC(=O)O)CC(=O)CC[C@H](NC(=O)c2ccc(NCc3cnc4nc(N)[nH]c(=O)c4n3)cc2)C(=O)O)C(=O)O)cs1)C(C)C.[2HH]. The van der Waals surface area contributed by atoms with Crippen molar-refractivity contribution < 1.29 is 133 Å². The number of aromatic hydroxyl groups is 1. The fourth-order valence-corrected chi connectivity index (χ4v) is 18.0. The number of carboxylic acid groups (broad SMARTS) is 5. The summed E-state index contributed by atoms with van der Waals surface area (Å²) in [5.41, 5.74) is 16.0. The number of hydrazine groups is 1. The van der Waals surface area contributed by atoms with Gasteiger partial charge in [-0.2, -0.15) is 4.98 Å². The number of hydrogen-bond acceptors (Lipinski definition) is 34. The van der Waals surface area contributed by atoms with Gasteiger partial charge in [0.05, 0.1) is 73.6 Å². The molecule has 46 nitrogen and oxygen atoms in total. The Kier molecular flexibility index (Phi) is 46.9. The quantitative estimate of drug-likeness (QED) is 0.00347. The first-order valence-corrected chi connectivity index (χ1v) is 48.1. The summed E-state index contributed by atoms with van der Waals surface area (Å²) in [7, 11) is 3.73. The van der Waals surface area contributed by atoms with Gasteiger partial charge >= 0.3 is 47.9 Å². The number of ketones is 4. The summed E-state index contributed by atoms with van der Waals surface area (Å²) >= 11 is 1.00. The molecule has 2 unspecified atom stereocenters. The van der Waals surface area contributed by atoms with Gasteiger partial charge in [-0.1, -0.05) is 88.1 Å². The average Bonchev–Trinajstić information content (AvgIpc) is 1.69. The number of Topliss-reactive ketones (excluding diaryl/α,β-unsaturated/α-hetero) is 4. The number of carbonyl (C=O) groups is 18. The molecule has 0 saturated carbocycles. The molecule has 0 spiro atoms. The number of aromatic amines is 1. The van der Waals surface area contributed by atoms with E-state index in [0.717, 1.165) is 52.3 Å². The third-order valence-corrected chi connectivity index (χ3v) is 26.0. The molecule has 20 N–H and O–H groups in total. The number of phenolic OH excluding ortho intramolecular Hbond substituents is 1. The molecule has 5 aromatic rings. The second-order valence-electron chi connectivity index (χ2n) is 33.8. The molecule has 49 heteroatoms. The lowest BCUT2D eigenvalue weighted by Gasteiger charge is -2.39. The van der Waals surface area contributed by atoms with Crippen molar-refractivity contribution in [2.75, 3.05) is 56.0 Å². The topological polar surface area (TPSA) is 719 Å². The highest BCUT2D eigenvalue weighted by Gasteiger charge is 2.42. The van der Waals surface area contributed by atoms with Crippen LogP contribution in [0, 0.1) is 46.8 Å².